The zero-order chi connectivity index (χ0) is 15.9. The van der Waals surface area contributed by atoms with Crippen molar-refractivity contribution in [3.8, 4) is 11.5 Å². The second kappa shape index (κ2) is 7.26. The summed E-state index contributed by atoms with van der Waals surface area (Å²) in [6.45, 7) is 2.44. The Morgan fingerprint density at radius 2 is 2.09 bits per heavy atom. The first kappa shape index (κ1) is 15.6. The van der Waals surface area contributed by atoms with E-state index in [1.54, 1.807) is 43.6 Å². The summed E-state index contributed by atoms with van der Waals surface area (Å²) in [4.78, 5) is 22.9. The largest absolute Gasteiger partial charge is 0.493 e. The average molecular weight is 299 g/mol. The van der Waals surface area contributed by atoms with Gasteiger partial charge in [0.05, 0.1) is 19.4 Å². The molecule has 0 saturated heterocycles. The molecule has 1 heterocycles. The minimum atomic E-state index is -0.292. The standard InChI is InChI=1S/C17H17NO4/c1-3-22-15-8-6-13(11-16(15)21-2)7-9-17(20)18-10-4-5-14(18)12-19/h4-12H,3H2,1-2H3/b9-7+. The summed E-state index contributed by atoms with van der Waals surface area (Å²) in [7, 11) is 1.56. The van der Waals surface area contributed by atoms with Crippen LogP contribution in [0.3, 0.4) is 0 Å². The SMILES string of the molecule is CCOc1ccc(/C=C/C(=O)n2cccc2C=O)cc1OC. The minimum Gasteiger partial charge on any atom is -0.493 e. The Morgan fingerprint density at radius 3 is 2.77 bits per heavy atom. The molecule has 5 nitrogen and oxygen atoms in total. The number of hydrogen-bond acceptors (Lipinski definition) is 4. The molecule has 0 radical (unpaired) electrons. The number of rotatable bonds is 6. The van der Waals surface area contributed by atoms with Gasteiger partial charge in [-0.2, -0.15) is 0 Å². The monoisotopic (exact) mass is 299 g/mol. The van der Waals surface area contributed by atoms with E-state index in [1.165, 1.54) is 10.6 Å². The average Bonchev–Trinajstić information content (AvgIpc) is 3.02. The highest BCUT2D eigenvalue weighted by Gasteiger charge is 2.06. The quantitative estimate of drug-likeness (QED) is 0.607. The molecule has 0 saturated carbocycles. The second-order valence-corrected chi connectivity index (χ2v) is 4.44. The van der Waals surface area contributed by atoms with Crippen molar-refractivity contribution in [1.82, 2.24) is 4.57 Å². The Labute approximate surface area is 128 Å². The van der Waals surface area contributed by atoms with Crippen LogP contribution in [0.2, 0.25) is 0 Å². The van der Waals surface area contributed by atoms with E-state index in [9.17, 15) is 9.59 Å². The van der Waals surface area contributed by atoms with Gasteiger partial charge in [-0.05, 0) is 42.8 Å². The van der Waals surface area contributed by atoms with Gasteiger partial charge < -0.3 is 9.47 Å². The summed E-state index contributed by atoms with van der Waals surface area (Å²) in [6, 6.07) is 8.63. The molecule has 0 unspecified atom stereocenters. The van der Waals surface area contributed by atoms with E-state index in [4.69, 9.17) is 9.47 Å². The molecule has 1 aromatic carbocycles. The molecule has 0 bridgehead atoms. The molecule has 2 rings (SSSR count). The van der Waals surface area contributed by atoms with Crippen molar-refractivity contribution in [2.24, 2.45) is 0 Å². The van der Waals surface area contributed by atoms with Crippen molar-refractivity contribution in [1.29, 1.82) is 0 Å². The number of ether oxygens (including phenoxy) is 2. The predicted molar refractivity (Wildman–Crippen MR) is 83.6 cm³/mol. The van der Waals surface area contributed by atoms with E-state index in [0.717, 1.165) is 5.56 Å². The van der Waals surface area contributed by atoms with Crippen LogP contribution in [-0.4, -0.2) is 30.5 Å². The molecule has 0 fully saturated rings. The third-order valence-corrected chi connectivity index (χ3v) is 3.04. The van der Waals surface area contributed by atoms with E-state index >= 15 is 0 Å². The lowest BCUT2D eigenvalue weighted by Crippen LogP contribution is -2.08. The van der Waals surface area contributed by atoms with Gasteiger partial charge in [0.25, 0.3) is 5.91 Å². The molecule has 0 aliphatic heterocycles. The molecule has 5 heteroatoms. The number of benzene rings is 1. The van der Waals surface area contributed by atoms with Crippen molar-refractivity contribution in [2.75, 3.05) is 13.7 Å². The summed E-state index contributed by atoms with van der Waals surface area (Å²) in [6.07, 6.45) is 5.26. The zero-order valence-corrected chi connectivity index (χ0v) is 12.5. The predicted octanol–water partition coefficient (Wildman–Crippen LogP) is 3.06. The summed E-state index contributed by atoms with van der Waals surface area (Å²) >= 11 is 0. The fraction of sp³-hybridized carbons (Fsp3) is 0.176. The summed E-state index contributed by atoms with van der Waals surface area (Å²) in [5, 5.41) is 0. The Hall–Kier alpha value is -2.82. The highest BCUT2D eigenvalue weighted by atomic mass is 16.5. The molecule has 0 aliphatic carbocycles. The highest BCUT2D eigenvalue weighted by molar-refractivity contribution is 5.96. The maximum atomic E-state index is 12.0. The van der Waals surface area contributed by atoms with Gasteiger partial charge in [-0.1, -0.05) is 6.07 Å². The maximum Gasteiger partial charge on any atom is 0.255 e. The van der Waals surface area contributed by atoms with Crippen LogP contribution in [0.15, 0.2) is 42.6 Å². The third-order valence-electron chi connectivity index (χ3n) is 3.04. The van der Waals surface area contributed by atoms with Gasteiger partial charge in [-0.15, -0.1) is 0 Å². The van der Waals surface area contributed by atoms with E-state index in [0.29, 0.717) is 30.1 Å². The van der Waals surface area contributed by atoms with Crippen molar-refractivity contribution in [3.05, 3.63) is 53.9 Å². The third kappa shape index (κ3) is 3.44. The van der Waals surface area contributed by atoms with Crippen LogP contribution in [0.4, 0.5) is 0 Å². The number of carbonyl (C=O) groups is 2. The van der Waals surface area contributed by atoms with Gasteiger partial charge in [-0.3, -0.25) is 14.2 Å². The number of methoxy groups -OCH3 is 1. The first-order chi connectivity index (χ1) is 10.7. The number of hydrogen-bond donors (Lipinski definition) is 0. The zero-order valence-electron chi connectivity index (χ0n) is 12.5. The van der Waals surface area contributed by atoms with Crippen molar-refractivity contribution in [3.63, 3.8) is 0 Å². The van der Waals surface area contributed by atoms with E-state index in [2.05, 4.69) is 0 Å². The Bertz CT molecular complexity index is 700. The van der Waals surface area contributed by atoms with Crippen molar-refractivity contribution in [2.45, 2.75) is 6.92 Å². The normalized spacial score (nSPS) is 10.6. The molecule has 2 aromatic rings. The Balaban J connectivity index is 2.19. The fourth-order valence-electron chi connectivity index (χ4n) is 2.00. The maximum absolute atomic E-state index is 12.0. The first-order valence-electron chi connectivity index (χ1n) is 6.85. The summed E-state index contributed by atoms with van der Waals surface area (Å²) < 4.78 is 12.0. The second-order valence-electron chi connectivity index (χ2n) is 4.44. The lowest BCUT2D eigenvalue weighted by atomic mass is 10.2. The molecule has 22 heavy (non-hydrogen) atoms. The van der Waals surface area contributed by atoms with Gasteiger partial charge in [0.1, 0.15) is 0 Å². The molecule has 0 N–H and O–H groups in total. The molecular weight excluding hydrogens is 282 g/mol. The minimum absolute atomic E-state index is 0.292. The van der Waals surface area contributed by atoms with Gasteiger partial charge in [0.15, 0.2) is 17.8 Å². The van der Waals surface area contributed by atoms with Gasteiger partial charge in [0, 0.05) is 12.3 Å². The number of aromatic nitrogens is 1. The lowest BCUT2D eigenvalue weighted by molar-refractivity contribution is 0.0956. The summed E-state index contributed by atoms with van der Waals surface area (Å²) in [5.74, 6) is 0.966. The lowest BCUT2D eigenvalue weighted by Gasteiger charge is -2.09. The number of carbonyl (C=O) groups excluding carboxylic acids is 2. The van der Waals surface area contributed by atoms with E-state index in [1.807, 2.05) is 13.0 Å². The van der Waals surface area contributed by atoms with Crippen molar-refractivity contribution >= 4 is 18.3 Å². The molecule has 114 valence electrons. The van der Waals surface area contributed by atoms with Crippen LogP contribution in [0, 0.1) is 0 Å². The van der Waals surface area contributed by atoms with Crippen LogP contribution in [-0.2, 0) is 0 Å². The molecule has 0 spiro atoms. The van der Waals surface area contributed by atoms with E-state index in [-0.39, 0.29) is 5.91 Å². The van der Waals surface area contributed by atoms with Crippen LogP contribution in [0.5, 0.6) is 11.5 Å². The van der Waals surface area contributed by atoms with Gasteiger partial charge in [-0.25, -0.2) is 0 Å². The number of allylic oxidation sites excluding steroid dienone is 1. The van der Waals surface area contributed by atoms with Crippen molar-refractivity contribution < 1.29 is 19.1 Å². The summed E-state index contributed by atoms with van der Waals surface area (Å²) in [5.41, 5.74) is 1.12. The molecule has 0 aliphatic rings. The molecule has 0 amide bonds. The van der Waals surface area contributed by atoms with E-state index < -0.39 is 0 Å². The highest BCUT2D eigenvalue weighted by Crippen LogP contribution is 2.28. The Morgan fingerprint density at radius 1 is 1.27 bits per heavy atom. The van der Waals surface area contributed by atoms with Crippen LogP contribution < -0.4 is 9.47 Å². The molecular formula is C17H17NO4. The van der Waals surface area contributed by atoms with Gasteiger partial charge in [0.2, 0.25) is 0 Å². The first-order valence-corrected chi connectivity index (χ1v) is 6.85. The molecule has 0 atom stereocenters. The number of aldehydes is 1. The fourth-order valence-corrected chi connectivity index (χ4v) is 2.00. The van der Waals surface area contributed by atoms with Crippen LogP contribution in [0.1, 0.15) is 27.8 Å². The molecule has 1 aromatic heterocycles. The number of nitrogens with zero attached hydrogens (tertiary/aromatic N) is 1. The van der Waals surface area contributed by atoms with Gasteiger partial charge >= 0.3 is 0 Å². The smallest absolute Gasteiger partial charge is 0.255 e. The van der Waals surface area contributed by atoms with Crippen LogP contribution >= 0.6 is 0 Å². The Kier molecular flexibility index (Phi) is 5.14. The van der Waals surface area contributed by atoms with Crippen LogP contribution in [0.25, 0.3) is 6.08 Å². The topological polar surface area (TPSA) is 57.5 Å².